The highest BCUT2D eigenvalue weighted by Crippen LogP contribution is 2.16. The van der Waals surface area contributed by atoms with Crippen molar-refractivity contribution in [2.24, 2.45) is 0 Å². The van der Waals surface area contributed by atoms with Gasteiger partial charge in [0.15, 0.2) is 0 Å². The maximum absolute atomic E-state index is 12.2. The highest BCUT2D eigenvalue weighted by atomic mass is 32.1. The molecule has 0 unspecified atom stereocenters. The van der Waals surface area contributed by atoms with Crippen LogP contribution in [0, 0.1) is 6.92 Å². The van der Waals surface area contributed by atoms with Crippen LogP contribution >= 0.6 is 11.3 Å². The summed E-state index contributed by atoms with van der Waals surface area (Å²) in [7, 11) is 0. The molecule has 3 rings (SSSR count). The van der Waals surface area contributed by atoms with E-state index in [0.717, 1.165) is 47.9 Å². The van der Waals surface area contributed by atoms with Gasteiger partial charge >= 0.3 is 0 Å². The van der Waals surface area contributed by atoms with Gasteiger partial charge in [0.05, 0.1) is 10.7 Å². The van der Waals surface area contributed by atoms with E-state index in [9.17, 15) is 9.59 Å². The lowest BCUT2D eigenvalue weighted by molar-refractivity contribution is -0.131. The second-order valence-electron chi connectivity index (χ2n) is 7.38. The van der Waals surface area contributed by atoms with Gasteiger partial charge in [-0.25, -0.2) is 4.98 Å². The number of likely N-dealkylation sites (tertiary alicyclic amines) is 1. The average molecular weight is 428 g/mol. The van der Waals surface area contributed by atoms with Gasteiger partial charge < -0.3 is 15.0 Å². The minimum absolute atomic E-state index is 0.129. The summed E-state index contributed by atoms with van der Waals surface area (Å²) in [5.41, 5.74) is 1.83. The van der Waals surface area contributed by atoms with Gasteiger partial charge in [0, 0.05) is 37.5 Å². The standard InChI is InChI=1S/C23H29N3O3S/c1-18-25-20(17-30-18)16-29-21-9-6-19(7-10-21)8-11-22(27)24-13-12-23(28)26-14-4-2-3-5-15-26/h6-11,17H,2-5,12-16H2,1H3,(H,24,27)/b11-8+. The van der Waals surface area contributed by atoms with Crippen molar-refractivity contribution in [3.8, 4) is 5.75 Å². The molecule has 30 heavy (non-hydrogen) atoms. The Labute approximate surface area is 182 Å². The molecule has 1 aromatic heterocycles. The van der Waals surface area contributed by atoms with Gasteiger partial charge in [0.25, 0.3) is 0 Å². The molecule has 2 amide bonds. The minimum atomic E-state index is -0.196. The molecule has 0 bridgehead atoms. The first-order chi connectivity index (χ1) is 14.6. The van der Waals surface area contributed by atoms with Crippen LogP contribution in [0.3, 0.4) is 0 Å². The summed E-state index contributed by atoms with van der Waals surface area (Å²) >= 11 is 1.61. The van der Waals surface area contributed by atoms with Crippen LogP contribution in [0.15, 0.2) is 35.7 Å². The zero-order valence-corrected chi connectivity index (χ0v) is 18.2. The Morgan fingerprint density at radius 1 is 1.17 bits per heavy atom. The fraction of sp³-hybridized carbons (Fsp3) is 0.435. The Kier molecular flexibility index (Phi) is 8.44. The summed E-state index contributed by atoms with van der Waals surface area (Å²) in [6.07, 6.45) is 8.15. The zero-order valence-electron chi connectivity index (χ0n) is 17.4. The Bertz CT molecular complexity index is 853. The summed E-state index contributed by atoms with van der Waals surface area (Å²) < 4.78 is 5.72. The molecule has 1 N–H and O–H groups in total. The summed E-state index contributed by atoms with van der Waals surface area (Å²) in [5.74, 6) is 0.691. The van der Waals surface area contributed by atoms with E-state index in [1.807, 2.05) is 41.5 Å². The number of hydrogen-bond acceptors (Lipinski definition) is 5. The number of carbonyl (C=O) groups excluding carboxylic acids is 2. The van der Waals surface area contributed by atoms with Crippen molar-refractivity contribution in [3.63, 3.8) is 0 Å². The molecule has 1 aromatic carbocycles. The van der Waals surface area contributed by atoms with Gasteiger partial charge in [0.1, 0.15) is 12.4 Å². The second-order valence-corrected chi connectivity index (χ2v) is 8.45. The number of nitrogens with zero attached hydrogens (tertiary/aromatic N) is 2. The molecule has 2 heterocycles. The van der Waals surface area contributed by atoms with Crippen LogP contribution in [0.2, 0.25) is 0 Å². The Hall–Kier alpha value is -2.67. The lowest BCUT2D eigenvalue weighted by atomic mass is 10.2. The quantitative estimate of drug-likeness (QED) is 0.648. The smallest absolute Gasteiger partial charge is 0.244 e. The van der Waals surface area contributed by atoms with E-state index in [0.29, 0.717) is 19.6 Å². The van der Waals surface area contributed by atoms with Crippen molar-refractivity contribution in [1.82, 2.24) is 15.2 Å². The van der Waals surface area contributed by atoms with Crippen LogP contribution < -0.4 is 10.1 Å². The van der Waals surface area contributed by atoms with Crippen LogP contribution in [0.5, 0.6) is 5.75 Å². The van der Waals surface area contributed by atoms with Crippen LogP contribution in [-0.4, -0.2) is 41.3 Å². The molecule has 1 aliphatic rings. The summed E-state index contributed by atoms with van der Waals surface area (Å²) in [6, 6.07) is 7.54. The fourth-order valence-electron chi connectivity index (χ4n) is 3.31. The normalized spacial score (nSPS) is 14.5. The van der Waals surface area contributed by atoms with E-state index in [1.54, 1.807) is 17.4 Å². The molecule has 2 aromatic rings. The number of hydrogen-bond donors (Lipinski definition) is 1. The molecule has 0 atom stereocenters. The topological polar surface area (TPSA) is 71.5 Å². The van der Waals surface area contributed by atoms with E-state index in [2.05, 4.69) is 10.3 Å². The first-order valence-electron chi connectivity index (χ1n) is 10.5. The van der Waals surface area contributed by atoms with Crippen LogP contribution in [-0.2, 0) is 16.2 Å². The fourth-order valence-corrected chi connectivity index (χ4v) is 3.91. The molecule has 0 spiro atoms. The SMILES string of the molecule is Cc1nc(COc2ccc(/C=C/C(=O)NCCC(=O)N3CCCCCC3)cc2)cs1. The van der Waals surface area contributed by atoms with E-state index >= 15 is 0 Å². The van der Waals surface area contributed by atoms with Crippen molar-refractivity contribution in [1.29, 1.82) is 0 Å². The average Bonchev–Trinajstić information content (AvgIpc) is 2.99. The number of rotatable bonds is 8. The number of carbonyl (C=O) groups is 2. The third-order valence-corrected chi connectivity index (χ3v) is 5.78. The van der Waals surface area contributed by atoms with Gasteiger partial charge in [-0.2, -0.15) is 0 Å². The van der Waals surface area contributed by atoms with Gasteiger partial charge in [0.2, 0.25) is 11.8 Å². The first kappa shape index (κ1) is 22.0. The Balaban J connectivity index is 1.37. The molecule has 0 radical (unpaired) electrons. The number of amides is 2. The van der Waals surface area contributed by atoms with Crippen molar-refractivity contribution in [3.05, 3.63) is 52.0 Å². The van der Waals surface area contributed by atoms with E-state index in [-0.39, 0.29) is 11.8 Å². The maximum Gasteiger partial charge on any atom is 0.244 e. The number of thiazole rings is 1. The van der Waals surface area contributed by atoms with Gasteiger partial charge in [-0.15, -0.1) is 11.3 Å². The second kappa shape index (κ2) is 11.5. The number of ether oxygens (including phenoxy) is 1. The molecule has 0 saturated carbocycles. The van der Waals surface area contributed by atoms with Gasteiger partial charge in [-0.3, -0.25) is 9.59 Å². The zero-order chi connectivity index (χ0) is 21.2. The van der Waals surface area contributed by atoms with Crippen LogP contribution in [0.25, 0.3) is 6.08 Å². The first-order valence-corrected chi connectivity index (χ1v) is 11.4. The van der Waals surface area contributed by atoms with Crippen LogP contribution in [0.4, 0.5) is 0 Å². The molecule has 1 fully saturated rings. The largest absolute Gasteiger partial charge is 0.487 e. The highest BCUT2D eigenvalue weighted by Gasteiger charge is 2.14. The van der Waals surface area contributed by atoms with E-state index in [4.69, 9.17) is 4.74 Å². The van der Waals surface area contributed by atoms with Gasteiger partial charge in [-0.05, 0) is 43.5 Å². The van der Waals surface area contributed by atoms with E-state index < -0.39 is 0 Å². The Morgan fingerprint density at radius 2 is 1.90 bits per heavy atom. The number of aromatic nitrogens is 1. The lowest BCUT2D eigenvalue weighted by Crippen LogP contribution is -2.34. The molecule has 0 aliphatic carbocycles. The molecule has 7 heteroatoms. The lowest BCUT2D eigenvalue weighted by Gasteiger charge is -2.20. The molecule has 1 aliphatic heterocycles. The minimum Gasteiger partial charge on any atom is -0.487 e. The van der Waals surface area contributed by atoms with Crippen molar-refractivity contribution in [2.45, 2.75) is 45.6 Å². The van der Waals surface area contributed by atoms with Crippen molar-refractivity contribution in [2.75, 3.05) is 19.6 Å². The molecule has 160 valence electrons. The highest BCUT2D eigenvalue weighted by molar-refractivity contribution is 7.09. The summed E-state index contributed by atoms with van der Waals surface area (Å²) in [5, 5.41) is 5.81. The van der Waals surface area contributed by atoms with Crippen molar-refractivity contribution >= 4 is 29.2 Å². The number of aryl methyl sites for hydroxylation is 1. The van der Waals surface area contributed by atoms with Gasteiger partial charge in [-0.1, -0.05) is 25.0 Å². The molecular weight excluding hydrogens is 398 g/mol. The summed E-state index contributed by atoms with van der Waals surface area (Å²) in [4.78, 5) is 30.5. The van der Waals surface area contributed by atoms with E-state index in [1.165, 1.54) is 18.9 Å². The van der Waals surface area contributed by atoms with Crippen LogP contribution in [0.1, 0.15) is 48.4 Å². The summed E-state index contributed by atoms with van der Waals surface area (Å²) in [6.45, 7) is 4.46. The Morgan fingerprint density at radius 3 is 2.57 bits per heavy atom. The third-order valence-electron chi connectivity index (χ3n) is 4.96. The number of benzene rings is 1. The molecular formula is C23H29N3O3S. The maximum atomic E-state index is 12.2. The molecule has 1 saturated heterocycles. The number of nitrogens with one attached hydrogen (secondary N) is 1. The predicted molar refractivity (Wildman–Crippen MR) is 119 cm³/mol. The third kappa shape index (κ3) is 7.30. The monoisotopic (exact) mass is 427 g/mol. The van der Waals surface area contributed by atoms with Crippen molar-refractivity contribution < 1.29 is 14.3 Å². The molecule has 6 nitrogen and oxygen atoms in total. The predicted octanol–water partition coefficient (Wildman–Crippen LogP) is 3.95.